The van der Waals surface area contributed by atoms with Crippen LogP contribution in [0, 0.1) is 11.8 Å². The van der Waals surface area contributed by atoms with E-state index in [1.165, 1.54) is 32.1 Å². The largest absolute Gasteiger partial charge is 0.377 e. The second kappa shape index (κ2) is 10.3. The van der Waals surface area contributed by atoms with Crippen molar-refractivity contribution in [2.45, 2.75) is 58.5 Å². The fraction of sp³-hybridized carbons (Fsp3) is 0.692. The SMILES string of the molecule is CC#CC(O)/C=C\CCCCCCC. The lowest BCUT2D eigenvalue weighted by molar-refractivity contribution is 0.280. The van der Waals surface area contributed by atoms with Crippen LogP contribution >= 0.6 is 0 Å². The minimum absolute atomic E-state index is 0.573. The van der Waals surface area contributed by atoms with E-state index in [0.717, 1.165) is 6.42 Å². The average molecular weight is 194 g/mol. The van der Waals surface area contributed by atoms with E-state index in [0.29, 0.717) is 0 Å². The molecule has 0 saturated carbocycles. The van der Waals surface area contributed by atoms with Gasteiger partial charge in [-0.05, 0) is 25.8 Å². The van der Waals surface area contributed by atoms with Gasteiger partial charge < -0.3 is 5.11 Å². The van der Waals surface area contributed by atoms with Gasteiger partial charge in [-0.1, -0.05) is 44.6 Å². The zero-order valence-corrected chi connectivity index (χ0v) is 9.42. The van der Waals surface area contributed by atoms with Crippen LogP contribution in [0.3, 0.4) is 0 Å². The first-order chi connectivity index (χ1) is 6.81. The van der Waals surface area contributed by atoms with Gasteiger partial charge in [0.15, 0.2) is 0 Å². The Morgan fingerprint density at radius 3 is 2.57 bits per heavy atom. The maximum absolute atomic E-state index is 9.23. The summed E-state index contributed by atoms with van der Waals surface area (Å²) in [7, 11) is 0. The van der Waals surface area contributed by atoms with Crippen LogP contribution < -0.4 is 0 Å². The number of unbranched alkanes of at least 4 members (excludes halogenated alkanes) is 5. The molecule has 0 rings (SSSR count). The Kier molecular flexibility index (Phi) is 9.79. The van der Waals surface area contributed by atoms with Crippen LogP contribution in [0.15, 0.2) is 12.2 Å². The summed E-state index contributed by atoms with van der Waals surface area (Å²) in [6.07, 6.45) is 10.8. The Morgan fingerprint density at radius 2 is 1.93 bits per heavy atom. The molecule has 0 bridgehead atoms. The summed E-state index contributed by atoms with van der Waals surface area (Å²) < 4.78 is 0. The summed E-state index contributed by atoms with van der Waals surface area (Å²) in [4.78, 5) is 0. The quantitative estimate of drug-likeness (QED) is 0.374. The predicted octanol–water partition coefficient (Wildman–Crippen LogP) is 3.29. The lowest BCUT2D eigenvalue weighted by Gasteiger charge is -1.97. The second-order valence-corrected chi connectivity index (χ2v) is 3.47. The van der Waals surface area contributed by atoms with Crippen LogP contribution in [-0.2, 0) is 0 Å². The summed E-state index contributed by atoms with van der Waals surface area (Å²) in [6.45, 7) is 3.96. The van der Waals surface area contributed by atoms with Crippen LogP contribution in [0.4, 0.5) is 0 Å². The molecule has 0 aromatic rings. The van der Waals surface area contributed by atoms with E-state index < -0.39 is 6.10 Å². The minimum Gasteiger partial charge on any atom is -0.377 e. The molecular formula is C13H22O. The third-order valence-electron chi connectivity index (χ3n) is 2.08. The molecule has 1 atom stereocenters. The van der Waals surface area contributed by atoms with E-state index >= 15 is 0 Å². The highest BCUT2D eigenvalue weighted by Gasteiger charge is 1.90. The molecule has 1 nitrogen and oxygen atoms in total. The van der Waals surface area contributed by atoms with Gasteiger partial charge in [-0.2, -0.15) is 0 Å². The molecule has 0 spiro atoms. The predicted molar refractivity (Wildman–Crippen MR) is 62.0 cm³/mol. The first kappa shape index (κ1) is 13.3. The van der Waals surface area contributed by atoms with E-state index in [1.54, 1.807) is 13.0 Å². The van der Waals surface area contributed by atoms with Crippen molar-refractivity contribution in [1.82, 2.24) is 0 Å². The molecule has 1 N–H and O–H groups in total. The van der Waals surface area contributed by atoms with Gasteiger partial charge in [-0.25, -0.2) is 0 Å². The number of aliphatic hydroxyl groups excluding tert-OH is 1. The number of aliphatic hydroxyl groups is 1. The van der Waals surface area contributed by atoms with Gasteiger partial charge in [0.25, 0.3) is 0 Å². The maximum atomic E-state index is 9.23. The van der Waals surface area contributed by atoms with Crippen molar-refractivity contribution in [3.05, 3.63) is 12.2 Å². The molecule has 0 heterocycles. The first-order valence-corrected chi connectivity index (χ1v) is 5.58. The normalized spacial score (nSPS) is 12.5. The average Bonchev–Trinajstić information content (AvgIpc) is 2.17. The lowest BCUT2D eigenvalue weighted by atomic mass is 10.1. The van der Waals surface area contributed by atoms with Crippen LogP contribution in [0.25, 0.3) is 0 Å². The van der Waals surface area contributed by atoms with Crippen LogP contribution in [-0.4, -0.2) is 11.2 Å². The van der Waals surface area contributed by atoms with Crippen molar-refractivity contribution in [2.75, 3.05) is 0 Å². The highest BCUT2D eigenvalue weighted by Crippen LogP contribution is 2.05. The molecule has 0 aliphatic heterocycles. The van der Waals surface area contributed by atoms with Crippen molar-refractivity contribution in [3.8, 4) is 11.8 Å². The smallest absolute Gasteiger partial charge is 0.133 e. The number of hydrogen-bond acceptors (Lipinski definition) is 1. The molecule has 80 valence electrons. The third-order valence-corrected chi connectivity index (χ3v) is 2.08. The molecule has 0 amide bonds. The van der Waals surface area contributed by atoms with E-state index in [-0.39, 0.29) is 0 Å². The molecule has 14 heavy (non-hydrogen) atoms. The fourth-order valence-electron chi connectivity index (χ4n) is 1.29. The Labute approximate surface area is 88.2 Å². The van der Waals surface area contributed by atoms with Gasteiger partial charge >= 0.3 is 0 Å². The Hall–Kier alpha value is -0.740. The third kappa shape index (κ3) is 9.35. The van der Waals surface area contributed by atoms with E-state index in [4.69, 9.17) is 0 Å². The monoisotopic (exact) mass is 194 g/mol. The molecule has 0 aromatic heterocycles. The van der Waals surface area contributed by atoms with E-state index in [1.807, 2.05) is 6.08 Å². The van der Waals surface area contributed by atoms with Crippen molar-refractivity contribution in [2.24, 2.45) is 0 Å². The molecular weight excluding hydrogens is 172 g/mol. The lowest BCUT2D eigenvalue weighted by Crippen LogP contribution is -1.95. The number of rotatable bonds is 7. The van der Waals surface area contributed by atoms with Gasteiger partial charge in [0.2, 0.25) is 0 Å². The van der Waals surface area contributed by atoms with E-state index in [9.17, 15) is 5.11 Å². The highest BCUT2D eigenvalue weighted by atomic mass is 16.3. The Balaban J connectivity index is 3.29. The van der Waals surface area contributed by atoms with Gasteiger partial charge in [0.05, 0.1) is 0 Å². The topological polar surface area (TPSA) is 20.2 Å². The van der Waals surface area contributed by atoms with Crippen molar-refractivity contribution < 1.29 is 5.11 Å². The number of allylic oxidation sites excluding steroid dienone is 1. The zero-order valence-electron chi connectivity index (χ0n) is 9.42. The molecule has 0 fully saturated rings. The van der Waals surface area contributed by atoms with Gasteiger partial charge in [0.1, 0.15) is 6.10 Å². The molecule has 1 unspecified atom stereocenters. The summed E-state index contributed by atoms with van der Waals surface area (Å²) in [5, 5.41) is 9.23. The second-order valence-electron chi connectivity index (χ2n) is 3.47. The maximum Gasteiger partial charge on any atom is 0.133 e. The highest BCUT2D eigenvalue weighted by molar-refractivity contribution is 5.10. The van der Waals surface area contributed by atoms with E-state index in [2.05, 4.69) is 18.8 Å². The standard InChI is InChI=1S/C13H22O/c1-3-5-6-7-8-9-10-12-13(14)11-4-2/h10,12-14H,3,5-9H2,1-2H3/b12-10-. The Morgan fingerprint density at radius 1 is 1.21 bits per heavy atom. The Bertz CT molecular complexity index is 195. The molecule has 0 saturated heterocycles. The first-order valence-electron chi connectivity index (χ1n) is 5.58. The molecule has 0 aliphatic carbocycles. The summed E-state index contributed by atoms with van der Waals surface area (Å²) in [5.74, 6) is 5.36. The van der Waals surface area contributed by atoms with Crippen molar-refractivity contribution >= 4 is 0 Å². The summed E-state index contributed by atoms with van der Waals surface area (Å²) in [5.41, 5.74) is 0. The summed E-state index contributed by atoms with van der Waals surface area (Å²) in [6, 6.07) is 0. The molecule has 0 radical (unpaired) electrons. The summed E-state index contributed by atoms with van der Waals surface area (Å²) >= 11 is 0. The van der Waals surface area contributed by atoms with Crippen LogP contribution in [0.5, 0.6) is 0 Å². The van der Waals surface area contributed by atoms with Gasteiger partial charge in [-0.15, -0.1) is 5.92 Å². The van der Waals surface area contributed by atoms with Crippen molar-refractivity contribution in [3.63, 3.8) is 0 Å². The van der Waals surface area contributed by atoms with Crippen molar-refractivity contribution in [1.29, 1.82) is 0 Å². The molecule has 0 aromatic carbocycles. The van der Waals surface area contributed by atoms with Gasteiger partial charge in [0, 0.05) is 0 Å². The molecule has 1 heteroatoms. The van der Waals surface area contributed by atoms with Crippen LogP contribution in [0.2, 0.25) is 0 Å². The van der Waals surface area contributed by atoms with Gasteiger partial charge in [-0.3, -0.25) is 0 Å². The zero-order chi connectivity index (χ0) is 10.6. The molecule has 0 aliphatic rings. The minimum atomic E-state index is -0.573. The fourth-order valence-corrected chi connectivity index (χ4v) is 1.29. The number of hydrogen-bond donors (Lipinski definition) is 1. The van der Waals surface area contributed by atoms with Crippen LogP contribution in [0.1, 0.15) is 52.4 Å².